The Morgan fingerprint density at radius 2 is 1.89 bits per heavy atom. The second-order valence-corrected chi connectivity index (χ2v) is 7.83. The predicted octanol–water partition coefficient (Wildman–Crippen LogP) is 2.63. The molecule has 1 heterocycles. The summed E-state index contributed by atoms with van der Waals surface area (Å²) in [5.74, 6) is -1.23. The predicted molar refractivity (Wildman–Crippen MR) is 110 cm³/mol. The number of anilines is 1. The molecule has 1 aliphatic rings. The van der Waals surface area contributed by atoms with Crippen molar-refractivity contribution in [3.63, 3.8) is 0 Å². The first-order chi connectivity index (χ1) is 13.2. The maximum absolute atomic E-state index is 13.4. The summed E-state index contributed by atoms with van der Waals surface area (Å²) in [7, 11) is 3.86. The Morgan fingerprint density at radius 3 is 2.50 bits per heavy atom. The van der Waals surface area contributed by atoms with Gasteiger partial charge in [-0.1, -0.05) is 41.4 Å². The van der Waals surface area contributed by atoms with Crippen molar-refractivity contribution in [2.24, 2.45) is 5.73 Å². The zero-order valence-corrected chi connectivity index (χ0v) is 17.1. The summed E-state index contributed by atoms with van der Waals surface area (Å²) in [5.41, 5.74) is 4.35. The second kappa shape index (κ2) is 7.72. The third-order valence-electron chi connectivity index (χ3n) is 4.81. The number of halogens is 2. The largest absolute Gasteiger partial charge is 0.372 e. The fraction of sp³-hybridized carbons (Fsp3) is 0.300. The molecule has 0 saturated heterocycles. The van der Waals surface area contributed by atoms with E-state index in [4.69, 9.17) is 28.9 Å². The standard InChI is InChI=1S/C20H21Cl2N3O3/c1-24(2)8-5-9-25-16-11-12(18(23)26)10-15(22)17(16)20(28,19(25)27)13-6-3-4-7-14(13)21/h3-4,6-7,10-11,28H,5,8-9H2,1-2H3,(H2,23,26). The van der Waals surface area contributed by atoms with Crippen molar-refractivity contribution in [2.45, 2.75) is 12.0 Å². The number of rotatable bonds is 6. The van der Waals surface area contributed by atoms with Crippen molar-refractivity contribution in [3.8, 4) is 0 Å². The Balaban J connectivity index is 2.19. The van der Waals surface area contributed by atoms with Crippen LogP contribution in [0.4, 0.5) is 5.69 Å². The van der Waals surface area contributed by atoms with E-state index in [2.05, 4.69) is 0 Å². The molecule has 28 heavy (non-hydrogen) atoms. The minimum absolute atomic E-state index is 0.0807. The molecule has 0 aromatic heterocycles. The molecule has 0 radical (unpaired) electrons. The molecule has 0 spiro atoms. The van der Waals surface area contributed by atoms with Gasteiger partial charge in [0, 0.05) is 28.3 Å². The molecule has 8 heteroatoms. The molecule has 3 N–H and O–H groups in total. The topological polar surface area (TPSA) is 86.9 Å². The number of hydrogen-bond donors (Lipinski definition) is 2. The zero-order valence-electron chi connectivity index (χ0n) is 15.6. The molecule has 1 unspecified atom stereocenters. The van der Waals surface area contributed by atoms with Crippen LogP contribution in [0.1, 0.15) is 27.9 Å². The van der Waals surface area contributed by atoms with Gasteiger partial charge in [-0.15, -0.1) is 0 Å². The highest BCUT2D eigenvalue weighted by Gasteiger charge is 2.53. The van der Waals surface area contributed by atoms with Crippen molar-refractivity contribution in [2.75, 3.05) is 32.1 Å². The van der Waals surface area contributed by atoms with E-state index in [-0.39, 0.29) is 26.7 Å². The highest BCUT2D eigenvalue weighted by molar-refractivity contribution is 6.35. The van der Waals surface area contributed by atoms with Crippen LogP contribution in [0.15, 0.2) is 36.4 Å². The summed E-state index contributed by atoms with van der Waals surface area (Å²) in [6, 6.07) is 9.44. The van der Waals surface area contributed by atoms with Crippen LogP contribution in [-0.2, 0) is 10.4 Å². The number of nitrogens with zero attached hydrogens (tertiary/aromatic N) is 2. The van der Waals surface area contributed by atoms with Gasteiger partial charge in [-0.05, 0) is 45.3 Å². The molecule has 0 fully saturated rings. The van der Waals surface area contributed by atoms with E-state index in [1.807, 2.05) is 19.0 Å². The van der Waals surface area contributed by atoms with Gasteiger partial charge in [-0.3, -0.25) is 9.59 Å². The second-order valence-electron chi connectivity index (χ2n) is 7.02. The van der Waals surface area contributed by atoms with Crippen LogP contribution in [0, 0.1) is 0 Å². The monoisotopic (exact) mass is 421 g/mol. The SMILES string of the molecule is CN(C)CCCN1C(=O)C(O)(c2ccccc2Cl)c2c(Cl)cc(C(N)=O)cc21. The van der Waals surface area contributed by atoms with E-state index in [0.717, 1.165) is 6.54 Å². The van der Waals surface area contributed by atoms with E-state index in [1.165, 1.54) is 17.0 Å². The Labute approximate surface area is 173 Å². The van der Waals surface area contributed by atoms with E-state index in [9.17, 15) is 14.7 Å². The maximum atomic E-state index is 13.4. The smallest absolute Gasteiger partial charge is 0.268 e. The molecule has 6 nitrogen and oxygen atoms in total. The molecule has 2 aromatic carbocycles. The fourth-order valence-corrected chi connectivity index (χ4v) is 4.11. The van der Waals surface area contributed by atoms with Crippen molar-refractivity contribution >= 4 is 40.7 Å². The van der Waals surface area contributed by atoms with E-state index in [1.54, 1.807) is 24.3 Å². The van der Waals surface area contributed by atoms with Crippen molar-refractivity contribution in [1.29, 1.82) is 0 Å². The molecule has 0 bridgehead atoms. The number of carbonyl (C=O) groups excluding carboxylic acids is 2. The van der Waals surface area contributed by atoms with Crippen LogP contribution in [0.3, 0.4) is 0 Å². The molecule has 1 aliphatic heterocycles. The summed E-state index contributed by atoms with van der Waals surface area (Å²) in [6.45, 7) is 1.09. The number of hydrogen-bond acceptors (Lipinski definition) is 4. The summed E-state index contributed by atoms with van der Waals surface area (Å²) >= 11 is 12.7. The molecule has 2 aromatic rings. The van der Waals surface area contributed by atoms with E-state index < -0.39 is 17.4 Å². The lowest BCUT2D eigenvalue weighted by Crippen LogP contribution is -2.42. The Morgan fingerprint density at radius 1 is 1.21 bits per heavy atom. The van der Waals surface area contributed by atoms with Gasteiger partial charge in [0.1, 0.15) is 0 Å². The Kier molecular flexibility index (Phi) is 5.68. The normalized spacial score (nSPS) is 18.6. The molecule has 2 amide bonds. The first kappa shape index (κ1) is 20.6. The van der Waals surface area contributed by atoms with Crippen LogP contribution < -0.4 is 10.6 Å². The third kappa shape index (κ3) is 3.37. The molecular weight excluding hydrogens is 401 g/mol. The molecule has 0 aliphatic carbocycles. The number of amides is 2. The summed E-state index contributed by atoms with van der Waals surface area (Å²) in [5, 5.41) is 11.9. The summed E-state index contributed by atoms with van der Waals surface area (Å²) < 4.78 is 0. The fourth-order valence-electron chi connectivity index (χ4n) is 3.49. The molecule has 0 saturated carbocycles. The average Bonchev–Trinajstić information content (AvgIpc) is 2.84. The average molecular weight is 422 g/mol. The highest BCUT2D eigenvalue weighted by Crippen LogP contribution is 2.49. The quantitative estimate of drug-likeness (QED) is 0.750. The number of benzene rings is 2. The number of aliphatic hydroxyl groups is 1. The zero-order chi connectivity index (χ0) is 20.6. The van der Waals surface area contributed by atoms with Gasteiger partial charge in [-0.2, -0.15) is 0 Å². The van der Waals surface area contributed by atoms with Crippen LogP contribution in [0.5, 0.6) is 0 Å². The minimum Gasteiger partial charge on any atom is -0.372 e. The van der Waals surface area contributed by atoms with E-state index >= 15 is 0 Å². The minimum atomic E-state index is -2.04. The lowest BCUT2D eigenvalue weighted by atomic mass is 9.87. The molecule has 1 atom stereocenters. The van der Waals surface area contributed by atoms with Gasteiger partial charge >= 0.3 is 0 Å². The van der Waals surface area contributed by atoms with Crippen LogP contribution in [-0.4, -0.2) is 49.0 Å². The van der Waals surface area contributed by atoms with E-state index in [0.29, 0.717) is 18.7 Å². The molecular formula is C20H21Cl2N3O3. The van der Waals surface area contributed by atoms with Gasteiger partial charge in [0.25, 0.3) is 5.91 Å². The number of primary amides is 1. The van der Waals surface area contributed by atoms with Crippen LogP contribution in [0.25, 0.3) is 0 Å². The van der Waals surface area contributed by atoms with Crippen LogP contribution >= 0.6 is 23.2 Å². The van der Waals surface area contributed by atoms with Gasteiger partial charge in [0.05, 0.1) is 10.7 Å². The maximum Gasteiger partial charge on any atom is 0.268 e. The first-order valence-electron chi connectivity index (χ1n) is 8.75. The van der Waals surface area contributed by atoms with Gasteiger partial charge in [-0.25, -0.2) is 0 Å². The highest BCUT2D eigenvalue weighted by atomic mass is 35.5. The lowest BCUT2D eigenvalue weighted by molar-refractivity contribution is -0.132. The Bertz CT molecular complexity index is 948. The van der Waals surface area contributed by atoms with Gasteiger partial charge < -0.3 is 20.6 Å². The Hall–Kier alpha value is -2.12. The summed E-state index contributed by atoms with van der Waals surface area (Å²) in [6.07, 6.45) is 0.662. The third-order valence-corrected chi connectivity index (χ3v) is 5.44. The van der Waals surface area contributed by atoms with Crippen molar-refractivity contribution in [3.05, 3.63) is 63.1 Å². The first-order valence-corrected chi connectivity index (χ1v) is 9.51. The van der Waals surface area contributed by atoms with Gasteiger partial charge in [0.2, 0.25) is 5.91 Å². The number of nitrogens with two attached hydrogens (primary N) is 1. The molecule has 148 valence electrons. The summed E-state index contributed by atoms with van der Waals surface area (Å²) in [4.78, 5) is 28.5. The van der Waals surface area contributed by atoms with Crippen molar-refractivity contribution < 1.29 is 14.7 Å². The van der Waals surface area contributed by atoms with Crippen molar-refractivity contribution in [1.82, 2.24) is 4.90 Å². The van der Waals surface area contributed by atoms with Gasteiger partial charge in [0.15, 0.2) is 5.60 Å². The molecule has 3 rings (SSSR count). The number of carbonyl (C=O) groups is 2. The number of fused-ring (bicyclic) bond motifs is 1. The van der Waals surface area contributed by atoms with Crippen LogP contribution in [0.2, 0.25) is 10.0 Å². The lowest BCUT2D eigenvalue weighted by Gasteiger charge is -2.25.